The Morgan fingerprint density at radius 1 is 1.38 bits per heavy atom. The van der Waals surface area contributed by atoms with Crippen LogP contribution in [0.3, 0.4) is 0 Å². The third-order valence-corrected chi connectivity index (χ3v) is 1.37. The lowest BCUT2D eigenvalue weighted by atomic mass is 10.2. The van der Waals surface area contributed by atoms with Gasteiger partial charge in [-0.15, -0.1) is 0 Å². The molecule has 0 heterocycles. The van der Waals surface area contributed by atoms with Gasteiger partial charge in [0, 0.05) is 12.6 Å². The first-order chi connectivity index (χ1) is 6.26. The van der Waals surface area contributed by atoms with E-state index in [1.54, 1.807) is 31.4 Å². The number of hydrogen-bond donors (Lipinski definition) is 1. The summed E-state index contributed by atoms with van der Waals surface area (Å²) in [6.45, 7) is 5.43. The maximum atomic E-state index is 11.2. The van der Waals surface area contributed by atoms with Crippen LogP contribution in [-0.2, 0) is 4.79 Å². The van der Waals surface area contributed by atoms with E-state index in [0.29, 0.717) is 5.57 Å². The monoisotopic (exact) mass is 177 g/mol. The van der Waals surface area contributed by atoms with Crippen molar-refractivity contribution in [2.24, 2.45) is 0 Å². The molecule has 0 unspecified atom stereocenters. The summed E-state index contributed by atoms with van der Waals surface area (Å²) < 4.78 is 0. The lowest BCUT2D eigenvalue weighted by Gasteiger charge is -1.97. The third-order valence-electron chi connectivity index (χ3n) is 1.37. The first-order valence-electron chi connectivity index (χ1n) is 4.10. The molecule has 13 heavy (non-hydrogen) atoms. The van der Waals surface area contributed by atoms with E-state index in [-0.39, 0.29) is 5.91 Å². The minimum Gasteiger partial charge on any atom is -0.355 e. The molecule has 0 saturated carbocycles. The Kier molecular flexibility index (Phi) is 6.24. The van der Waals surface area contributed by atoms with Crippen LogP contribution in [0, 0.1) is 0 Å². The van der Waals surface area contributed by atoms with Crippen LogP contribution in [0.1, 0.15) is 6.92 Å². The van der Waals surface area contributed by atoms with Crippen molar-refractivity contribution in [3.63, 3.8) is 0 Å². The number of nitrogens with one attached hydrogen (secondary N) is 1. The van der Waals surface area contributed by atoms with Gasteiger partial charge in [-0.05, 0) is 19.1 Å². The largest absolute Gasteiger partial charge is 0.355 e. The SMILES string of the molecule is C=C\C=C/C(=C\C=C/C)C(=O)NC. The molecule has 0 radical (unpaired) electrons. The minimum atomic E-state index is -0.101. The van der Waals surface area contributed by atoms with Crippen LogP contribution < -0.4 is 5.32 Å². The predicted octanol–water partition coefficient (Wildman–Crippen LogP) is 1.98. The fraction of sp³-hybridized carbons (Fsp3) is 0.182. The van der Waals surface area contributed by atoms with E-state index < -0.39 is 0 Å². The first-order valence-corrected chi connectivity index (χ1v) is 4.10. The molecule has 0 aromatic heterocycles. The maximum Gasteiger partial charge on any atom is 0.251 e. The Labute approximate surface area is 79.3 Å². The highest BCUT2D eigenvalue weighted by Crippen LogP contribution is 1.98. The quantitative estimate of drug-likeness (QED) is 0.516. The molecule has 0 aromatic rings. The van der Waals surface area contributed by atoms with Crippen LogP contribution in [0.5, 0.6) is 0 Å². The summed E-state index contributed by atoms with van der Waals surface area (Å²) in [6, 6.07) is 0. The molecule has 0 aliphatic carbocycles. The van der Waals surface area contributed by atoms with Crippen molar-refractivity contribution in [3.8, 4) is 0 Å². The van der Waals surface area contributed by atoms with E-state index in [0.717, 1.165) is 0 Å². The highest BCUT2D eigenvalue weighted by Gasteiger charge is 2.00. The number of rotatable bonds is 4. The van der Waals surface area contributed by atoms with Gasteiger partial charge in [-0.2, -0.15) is 0 Å². The van der Waals surface area contributed by atoms with Gasteiger partial charge in [-0.3, -0.25) is 4.79 Å². The van der Waals surface area contributed by atoms with Gasteiger partial charge in [-0.25, -0.2) is 0 Å². The Morgan fingerprint density at radius 2 is 2.08 bits per heavy atom. The predicted molar refractivity (Wildman–Crippen MR) is 56.3 cm³/mol. The van der Waals surface area contributed by atoms with Crippen LogP contribution in [0.2, 0.25) is 0 Å². The van der Waals surface area contributed by atoms with Gasteiger partial charge in [0.2, 0.25) is 0 Å². The summed E-state index contributed by atoms with van der Waals surface area (Å²) in [5.41, 5.74) is 0.612. The summed E-state index contributed by atoms with van der Waals surface area (Å²) in [5.74, 6) is -0.101. The van der Waals surface area contributed by atoms with Crippen molar-refractivity contribution in [3.05, 3.63) is 48.6 Å². The second kappa shape index (κ2) is 7.10. The lowest BCUT2D eigenvalue weighted by molar-refractivity contribution is -0.116. The van der Waals surface area contributed by atoms with Gasteiger partial charge in [-0.1, -0.05) is 30.9 Å². The number of carbonyl (C=O) groups is 1. The van der Waals surface area contributed by atoms with Gasteiger partial charge in [0.1, 0.15) is 0 Å². The molecule has 0 fully saturated rings. The molecule has 0 atom stereocenters. The number of allylic oxidation sites excluding steroid dienone is 5. The molecule has 0 rings (SSSR count). The van der Waals surface area contributed by atoms with Crippen LogP contribution in [0.4, 0.5) is 0 Å². The summed E-state index contributed by atoms with van der Waals surface area (Å²) in [6.07, 6.45) is 10.5. The van der Waals surface area contributed by atoms with Gasteiger partial charge in [0.15, 0.2) is 0 Å². The number of amides is 1. The molecule has 1 N–H and O–H groups in total. The summed E-state index contributed by atoms with van der Waals surface area (Å²) in [4.78, 5) is 11.2. The molecular formula is C11H15NO. The minimum absolute atomic E-state index is 0.101. The Bertz CT molecular complexity index is 259. The molecule has 2 heteroatoms. The molecule has 1 amide bonds. The Balaban J connectivity index is 4.63. The fourth-order valence-corrected chi connectivity index (χ4v) is 0.723. The van der Waals surface area contributed by atoms with Crippen molar-refractivity contribution in [2.45, 2.75) is 6.92 Å². The van der Waals surface area contributed by atoms with E-state index in [9.17, 15) is 4.79 Å². The number of carbonyl (C=O) groups excluding carboxylic acids is 1. The van der Waals surface area contributed by atoms with Crippen LogP contribution >= 0.6 is 0 Å². The summed E-state index contributed by atoms with van der Waals surface area (Å²) in [7, 11) is 1.60. The average molecular weight is 177 g/mol. The van der Waals surface area contributed by atoms with E-state index in [1.807, 2.05) is 19.1 Å². The second-order valence-corrected chi connectivity index (χ2v) is 2.32. The van der Waals surface area contributed by atoms with Gasteiger partial charge in [0.05, 0.1) is 0 Å². The number of likely N-dealkylation sites (N-methyl/N-ethyl adjacent to an activating group) is 1. The molecule has 0 aromatic carbocycles. The van der Waals surface area contributed by atoms with Gasteiger partial charge >= 0.3 is 0 Å². The molecule has 0 aliphatic rings. The van der Waals surface area contributed by atoms with Crippen LogP contribution in [0.15, 0.2) is 48.6 Å². The fourth-order valence-electron chi connectivity index (χ4n) is 0.723. The zero-order valence-corrected chi connectivity index (χ0v) is 8.08. The summed E-state index contributed by atoms with van der Waals surface area (Å²) >= 11 is 0. The maximum absolute atomic E-state index is 11.2. The van der Waals surface area contributed by atoms with Crippen LogP contribution in [-0.4, -0.2) is 13.0 Å². The Morgan fingerprint density at radius 3 is 2.54 bits per heavy atom. The van der Waals surface area contributed by atoms with Crippen molar-refractivity contribution < 1.29 is 4.79 Å². The van der Waals surface area contributed by atoms with Crippen molar-refractivity contribution in [2.75, 3.05) is 7.05 Å². The molecular weight excluding hydrogens is 162 g/mol. The topological polar surface area (TPSA) is 29.1 Å². The van der Waals surface area contributed by atoms with Gasteiger partial charge < -0.3 is 5.32 Å². The zero-order chi connectivity index (χ0) is 10.1. The number of hydrogen-bond acceptors (Lipinski definition) is 1. The average Bonchev–Trinajstić information content (AvgIpc) is 2.17. The van der Waals surface area contributed by atoms with Crippen LogP contribution in [0.25, 0.3) is 0 Å². The van der Waals surface area contributed by atoms with E-state index in [4.69, 9.17) is 0 Å². The molecule has 0 saturated heterocycles. The third kappa shape index (κ3) is 4.80. The molecule has 0 bridgehead atoms. The highest BCUT2D eigenvalue weighted by atomic mass is 16.1. The second-order valence-electron chi connectivity index (χ2n) is 2.32. The standard InChI is InChI=1S/C11H15NO/c1-4-6-8-10(9-7-5-2)11(13)12-3/h4-9H,1H2,2-3H3,(H,12,13)/b7-5-,8-6-,10-9+. The van der Waals surface area contributed by atoms with E-state index in [1.165, 1.54) is 0 Å². The van der Waals surface area contributed by atoms with Crippen molar-refractivity contribution >= 4 is 5.91 Å². The Hall–Kier alpha value is -1.57. The van der Waals surface area contributed by atoms with Crippen molar-refractivity contribution in [1.82, 2.24) is 5.32 Å². The first kappa shape index (κ1) is 11.4. The van der Waals surface area contributed by atoms with E-state index in [2.05, 4.69) is 11.9 Å². The molecule has 70 valence electrons. The highest BCUT2D eigenvalue weighted by molar-refractivity contribution is 5.96. The molecule has 0 spiro atoms. The smallest absolute Gasteiger partial charge is 0.251 e. The molecule has 2 nitrogen and oxygen atoms in total. The molecule has 0 aliphatic heterocycles. The van der Waals surface area contributed by atoms with Gasteiger partial charge in [0.25, 0.3) is 5.91 Å². The zero-order valence-electron chi connectivity index (χ0n) is 8.08. The van der Waals surface area contributed by atoms with E-state index >= 15 is 0 Å². The summed E-state index contributed by atoms with van der Waals surface area (Å²) in [5, 5.41) is 2.56. The lowest BCUT2D eigenvalue weighted by Crippen LogP contribution is -2.18. The normalized spacial score (nSPS) is 12.3. The van der Waals surface area contributed by atoms with Crippen molar-refractivity contribution in [1.29, 1.82) is 0 Å².